The maximum absolute atomic E-state index is 12.2. The monoisotopic (exact) mass is 226 g/mol. The van der Waals surface area contributed by atoms with Crippen molar-refractivity contribution in [2.75, 3.05) is 6.54 Å². The number of carbonyl (C=O) groups excluding carboxylic acids is 1. The first-order valence-corrected chi connectivity index (χ1v) is 6.65. The highest BCUT2D eigenvalue weighted by atomic mass is 16.2. The number of hydrogen-bond donors (Lipinski definition) is 2. The number of hydrogen-bond acceptors (Lipinski definition) is 2. The highest BCUT2D eigenvalue weighted by molar-refractivity contribution is 5.83. The molecule has 0 aromatic rings. The molecular weight excluding hydrogens is 200 g/mol. The second kappa shape index (κ2) is 6.24. The Morgan fingerprint density at radius 1 is 1.44 bits per heavy atom. The van der Waals surface area contributed by atoms with Gasteiger partial charge in [0, 0.05) is 12.6 Å². The van der Waals surface area contributed by atoms with Gasteiger partial charge in [0.2, 0.25) is 5.91 Å². The zero-order valence-corrected chi connectivity index (χ0v) is 10.7. The lowest BCUT2D eigenvalue weighted by Gasteiger charge is -2.27. The summed E-state index contributed by atoms with van der Waals surface area (Å²) in [5, 5.41) is 3.13. The van der Waals surface area contributed by atoms with Gasteiger partial charge in [0.15, 0.2) is 0 Å². The summed E-state index contributed by atoms with van der Waals surface area (Å²) in [5.41, 5.74) is 5.54. The maximum atomic E-state index is 12.2. The average molecular weight is 226 g/mol. The fraction of sp³-hybridized carbons (Fsp3) is 0.923. The van der Waals surface area contributed by atoms with E-state index >= 15 is 0 Å². The summed E-state index contributed by atoms with van der Waals surface area (Å²) in [7, 11) is 0. The average Bonchev–Trinajstić information content (AvgIpc) is 2.76. The van der Waals surface area contributed by atoms with Gasteiger partial charge in [-0.15, -0.1) is 0 Å². The Bertz CT molecular complexity index is 222. The Morgan fingerprint density at radius 3 is 2.56 bits per heavy atom. The lowest BCUT2D eigenvalue weighted by Crippen LogP contribution is -2.47. The summed E-state index contributed by atoms with van der Waals surface area (Å²) in [5.74, 6) is 0.191. The predicted octanol–water partition coefficient (Wildman–Crippen LogP) is 2.20. The molecular formula is C13H26N2O. The first-order valence-electron chi connectivity index (χ1n) is 6.65. The van der Waals surface area contributed by atoms with Crippen LogP contribution in [0.15, 0.2) is 0 Å². The molecule has 1 amide bonds. The smallest absolute Gasteiger partial charge is 0.227 e. The molecule has 16 heavy (non-hydrogen) atoms. The van der Waals surface area contributed by atoms with Gasteiger partial charge in [-0.1, -0.05) is 32.6 Å². The van der Waals surface area contributed by atoms with Gasteiger partial charge in [-0.2, -0.15) is 0 Å². The van der Waals surface area contributed by atoms with E-state index in [2.05, 4.69) is 19.2 Å². The fourth-order valence-electron chi connectivity index (χ4n) is 2.54. The molecule has 0 aromatic heterocycles. The predicted molar refractivity (Wildman–Crippen MR) is 67.1 cm³/mol. The molecule has 0 radical (unpaired) electrons. The van der Waals surface area contributed by atoms with Crippen LogP contribution in [-0.2, 0) is 4.79 Å². The summed E-state index contributed by atoms with van der Waals surface area (Å²) < 4.78 is 0. The number of nitrogens with one attached hydrogen (secondary N) is 1. The van der Waals surface area contributed by atoms with Crippen LogP contribution in [0.5, 0.6) is 0 Å². The van der Waals surface area contributed by atoms with Crippen molar-refractivity contribution in [1.82, 2.24) is 5.32 Å². The van der Waals surface area contributed by atoms with Crippen LogP contribution < -0.4 is 11.1 Å². The molecule has 94 valence electrons. The van der Waals surface area contributed by atoms with Crippen LogP contribution in [0.1, 0.15) is 58.8 Å². The summed E-state index contributed by atoms with van der Waals surface area (Å²) in [4.78, 5) is 12.2. The molecule has 0 spiro atoms. The third kappa shape index (κ3) is 3.21. The van der Waals surface area contributed by atoms with Gasteiger partial charge >= 0.3 is 0 Å². The van der Waals surface area contributed by atoms with Gasteiger partial charge in [0.1, 0.15) is 0 Å². The zero-order chi connectivity index (χ0) is 12.0. The fourth-order valence-corrected chi connectivity index (χ4v) is 2.54. The SMILES string of the molecule is CCCCC(C)NC(=O)C1(CN)CCCC1. The van der Waals surface area contributed by atoms with E-state index in [1.165, 1.54) is 12.8 Å². The van der Waals surface area contributed by atoms with Gasteiger partial charge in [0.05, 0.1) is 5.41 Å². The maximum Gasteiger partial charge on any atom is 0.227 e. The van der Waals surface area contributed by atoms with Crippen molar-refractivity contribution < 1.29 is 4.79 Å². The topological polar surface area (TPSA) is 55.1 Å². The zero-order valence-electron chi connectivity index (χ0n) is 10.7. The van der Waals surface area contributed by atoms with Gasteiger partial charge in [-0.3, -0.25) is 4.79 Å². The third-order valence-electron chi connectivity index (χ3n) is 3.80. The molecule has 1 aliphatic rings. The molecule has 1 unspecified atom stereocenters. The van der Waals surface area contributed by atoms with Crippen molar-refractivity contribution in [3.8, 4) is 0 Å². The van der Waals surface area contributed by atoms with Gasteiger partial charge < -0.3 is 11.1 Å². The largest absolute Gasteiger partial charge is 0.353 e. The lowest BCUT2D eigenvalue weighted by molar-refractivity contribution is -0.131. The molecule has 3 heteroatoms. The minimum atomic E-state index is -0.250. The van der Waals surface area contributed by atoms with E-state index in [0.717, 1.165) is 32.1 Å². The van der Waals surface area contributed by atoms with Crippen LogP contribution >= 0.6 is 0 Å². The molecule has 1 fully saturated rings. The van der Waals surface area contributed by atoms with Crippen molar-refractivity contribution in [3.05, 3.63) is 0 Å². The van der Waals surface area contributed by atoms with Crippen LogP contribution in [0.4, 0.5) is 0 Å². The Morgan fingerprint density at radius 2 is 2.06 bits per heavy atom. The van der Waals surface area contributed by atoms with Crippen LogP contribution in [0, 0.1) is 5.41 Å². The standard InChI is InChI=1S/C13H26N2O/c1-3-4-7-11(2)15-12(16)13(10-14)8-5-6-9-13/h11H,3-10,14H2,1-2H3,(H,15,16). The molecule has 1 atom stereocenters. The molecule has 1 aliphatic carbocycles. The quantitative estimate of drug-likeness (QED) is 0.729. The summed E-state index contributed by atoms with van der Waals surface area (Å²) in [6.45, 7) is 4.76. The van der Waals surface area contributed by atoms with Crippen LogP contribution in [0.25, 0.3) is 0 Å². The molecule has 1 rings (SSSR count). The number of nitrogens with two attached hydrogens (primary N) is 1. The Hall–Kier alpha value is -0.570. The Labute approximate surface area is 99.2 Å². The molecule has 3 nitrogen and oxygen atoms in total. The van der Waals surface area contributed by atoms with Crippen molar-refractivity contribution >= 4 is 5.91 Å². The second-order valence-corrected chi connectivity index (χ2v) is 5.21. The lowest BCUT2D eigenvalue weighted by atomic mass is 9.85. The number of unbranched alkanes of at least 4 members (excludes halogenated alkanes) is 1. The van der Waals surface area contributed by atoms with E-state index < -0.39 is 0 Å². The highest BCUT2D eigenvalue weighted by Crippen LogP contribution is 2.37. The molecule has 0 heterocycles. The molecule has 3 N–H and O–H groups in total. The summed E-state index contributed by atoms with van der Waals surface area (Å²) >= 11 is 0. The molecule has 0 saturated heterocycles. The summed E-state index contributed by atoms with van der Waals surface area (Å²) in [6.07, 6.45) is 7.66. The second-order valence-electron chi connectivity index (χ2n) is 5.21. The normalized spacial score (nSPS) is 20.7. The Balaban J connectivity index is 2.43. The first kappa shape index (κ1) is 13.5. The van der Waals surface area contributed by atoms with Crippen LogP contribution in [-0.4, -0.2) is 18.5 Å². The third-order valence-corrected chi connectivity index (χ3v) is 3.80. The van der Waals surface area contributed by atoms with Gasteiger partial charge in [-0.05, 0) is 26.2 Å². The minimum absolute atomic E-state index is 0.191. The van der Waals surface area contributed by atoms with E-state index in [9.17, 15) is 4.79 Å². The van der Waals surface area contributed by atoms with Crippen molar-refractivity contribution in [2.45, 2.75) is 64.8 Å². The van der Waals surface area contributed by atoms with E-state index in [0.29, 0.717) is 6.54 Å². The van der Waals surface area contributed by atoms with Gasteiger partial charge in [-0.25, -0.2) is 0 Å². The molecule has 0 aliphatic heterocycles. The van der Waals surface area contributed by atoms with E-state index in [1.54, 1.807) is 0 Å². The molecule has 0 aromatic carbocycles. The van der Waals surface area contributed by atoms with Crippen LogP contribution in [0.3, 0.4) is 0 Å². The van der Waals surface area contributed by atoms with Crippen molar-refractivity contribution in [2.24, 2.45) is 11.1 Å². The minimum Gasteiger partial charge on any atom is -0.353 e. The number of rotatable bonds is 6. The molecule has 0 bridgehead atoms. The van der Waals surface area contributed by atoms with E-state index in [4.69, 9.17) is 5.73 Å². The van der Waals surface area contributed by atoms with Crippen molar-refractivity contribution in [1.29, 1.82) is 0 Å². The van der Waals surface area contributed by atoms with Crippen molar-refractivity contribution in [3.63, 3.8) is 0 Å². The van der Waals surface area contributed by atoms with E-state index in [-0.39, 0.29) is 17.4 Å². The number of amides is 1. The highest BCUT2D eigenvalue weighted by Gasteiger charge is 2.39. The summed E-state index contributed by atoms with van der Waals surface area (Å²) in [6, 6.07) is 0.288. The van der Waals surface area contributed by atoms with Gasteiger partial charge in [0.25, 0.3) is 0 Å². The number of carbonyl (C=O) groups is 1. The Kier molecular flexibility index (Phi) is 5.26. The molecule has 1 saturated carbocycles. The van der Waals surface area contributed by atoms with Crippen LogP contribution in [0.2, 0.25) is 0 Å². The van der Waals surface area contributed by atoms with E-state index in [1.807, 2.05) is 0 Å². The first-order chi connectivity index (χ1) is 7.64.